The summed E-state index contributed by atoms with van der Waals surface area (Å²) in [4.78, 5) is 28.7. The number of carbonyl (C=O) groups is 2. The van der Waals surface area contributed by atoms with Gasteiger partial charge in [-0.15, -0.1) is 0 Å². The first-order valence-electron chi connectivity index (χ1n) is 9.25. The van der Waals surface area contributed by atoms with Gasteiger partial charge in [0.15, 0.2) is 5.76 Å². The van der Waals surface area contributed by atoms with Crippen LogP contribution in [0.4, 0.5) is 11.4 Å². The maximum atomic E-state index is 12.5. The molecule has 0 bridgehead atoms. The van der Waals surface area contributed by atoms with Gasteiger partial charge in [0.25, 0.3) is 11.8 Å². The van der Waals surface area contributed by atoms with E-state index in [1.54, 1.807) is 12.1 Å². The lowest BCUT2D eigenvalue weighted by molar-refractivity contribution is 0.0746. The number of hydrogen-bond acceptors (Lipinski definition) is 4. The Bertz CT molecular complexity index is 929. The predicted octanol–water partition coefficient (Wildman–Crippen LogP) is 3.49. The van der Waals surface area contributed by atoms with E-state index in [4.69, 9.17) is 4.42 Å². The lowest BCUT2D eigenvalue weighted by Gasteiger charge is -2.36. The maximum Gasteiger partial charge on any atom is 0.291 e. The van der Waals surface area contributed by atoms with Crippen LogP contribution in [0.25, 0.3) is 0 Å². The van der Waals surface area contributed by atoms with Crippen LogP contribution in [0.15, 0.2) is 77.4 Å². The lowest BCUT2D eigenvalue weighted by atomic mass is 10.1. The van der Waals surface area contributed by atoms with Crippen molar-refractivity contribution < 1.29 is 14.0 Å². The van der Waals surface area contributed by atoms with Crippen molar-refractivity contribution in [3.63, 3.8) is 0 Å². The molecule has 6 heteroatoms. The molecule has 142 valence electrons. The van der Waals surface area contributed by atoms with E-state index in [-0.39, 0.29) is 17.6 Å². The molecule has 28 heavy (non-hydrogen) atoms. The number of rotatable bonds is 4. The van der Waals surface area contributed by atoms with Gasteiger partial charge in [-0.3, -0.25) is 9.59 Å². The Morgan fingerprint density at radius 3 is 2.18 bits per heavy atom. The van der Waals surface area contributed by atoms with Gasteiger partial charge in [0.2, 0.25) is 0 Å². The highest BCUT2D eigenvalue weighted by atomic mass is 16.3. The van der Waals surface area contributed by atoms with E-state index in [2.05, 4.69) is 10.2 Å². The third-order valence-corrected chi connectivity index (χ3v) is 4.82. The molecule has 2 heterocycles. The quantitative estimate of drug-likeness (QED) is 0.758. The van der Waals surface area contributed by atoms with Gasteiger partial charge < -0.3 is 19.5 Å². The van der Waals surface area contributed by atoms with Gasteiger partial charge in [-0.25, -0.2) is 0 Å². The van der Waals surface area contributed by atoms with Crippen LogP contribution in [0, 0.1) is 0 Å². The van der Waals surface area contributed by atoms with E-state index in [9.17, 15) is 9.59 Å². The second-order valence-electron chi connectivity index (χ2n) is 6.62. The summed E-state index contributed by atoms with van der Waals surface area (Å²) in [6.45, 7) is 2.92. The molecule has 1 aliphatic heterocycles. The van der Waals surface area contributed by atoms with Crippen LogP contribution in [-0.4, -0.2) is 42.9 Å². The Balaban J connectivity index is 1.33. The number of nitrogens with zero attached hydrogens (tertiary/aromatic N) is 2. The number of carbonyl (C=O) groups excluding carboxylic acids is 2. The topological polar surface area (TPSA) is 65.8 Å². The van der Waals surface area contributed by atoms with Crippen molar-refractivity contribution >= 4 is 23.2 Å². The molecule has 4 rings (SSSR count). The number of amides is 2. The molecule has 1 aromatic heterocycles. The minimum Gasteiger partial charge on any atom is -0.459 e. The van der Waals surface area contributed by atoms with Gasteiger partial charge >= 0.3 is 0 Å². The molecule has 0 spiro atoms. The van der Waals surface area contributed by atoms with E-state index in [1.807, 2.05) is 59.5 Å². The van der Waals surface area contributed by atoms with Gasteiger partial charge in [-0.1, -0.05) is 18.2 Å². The van der Waals surface area contributed by atoms with E-state index in [0.717, 1.165) is 24.3 Å². The Kier molecular flexibility index (Phi) is 5.10. The highest BCUT2D eigenvalue weighted by Gasteiger charge is 2.22. The van der Waals surface area contributed by atoms with Crippen molar-refractivity contribution in [1.82, 2.24) is 4.90 Å². The summed E-state index contributed by atoms with van der Waals surface area (Å²) in [6.07, 6.45) is 1.47. The first-order valence-corrected chi connectivity index (χ1v) is 9.25. The van der Waals surface area contributed by atoms with Crippen LogP contribution in [0.2, 0.25) is 0 Å². The molecule has 3 aromatic rings. The molecule has 0 radical (unpaired) electrons. The summed E-state index contributed by atoms with van der Waals surface area (Å²) in [7, 11) is 0. The Morgan fingerprint density at radius 2 is 1.54 bits per heavy atom. The summed E-state index contributed by atoms with van der Waals surface area (Å²) < 4.78 is 5.10. The van der Waals surface area contributed by atoms with Crippen LogP contribution in [-0.2, 0) is 0 Å². The summed E-state index contributed by atoms with van der Waals surface area (Å²) in [5, 5.41) is 2.81. The fourth-order valence-electron chi connectivity index (χ4n) is 3.29. The van der Waals surface area contributed by atoms with Crippen LogP contribution in [0.1, 0.15) is 20.9 Å². The summed E-state index contributed by atoms with van der Waals surface area (Å²) in [6, 6.07) is 20.4. The minimum absolute atomic E-state index is 0.0798. The van der Waals surface area contributed by atoms with E-state index in [1.165, 1.54) is 6.26 Å². The number of hydrogen-bond donors (Lipinski definition) is 1. The predicted molar refractivity (Wildman–Crippen MR) is 108 cm³/mol. The lowest BCUT2D eigenvalue weighted by Crippen LogP contribution is -2.48. The Morgan fingerprint density at radius 1 is 0.821 bits per heavy atom. The molecule has 1 aliphatic rings. The van der Waals surface area contributed by atoms with Crippen molar-refractivity contribution in [2.75, 3.05) is 36.4 Å². The first kappa shape index (κ1) is 17.9. The molecule has 1 N–H and O–H groups in total. The Hall–Kier alpha value is -3.54. The van der Waals surface area contributed by atoms with Crippen molar-refractivity contribution in [3.05, 3.63) is 84.3 Å². The number of furan rings is 1. The standard InChI is InChI=1S/C22H21N3O3/c26-21(20-7-4-16-28-20)23-18-8-10-19(11-9-18)24-12-14-25(15-13-24)22(27)17-5-2-1-3-6-17/h1-11,16H,12-15H2,(H,23,26). The van der Waals surface area contributed by atoms with Crippen molar-refractivity contribution in [2.24, 2.45) is 0 Å². The number of anilines is 2. The smallest absolute Gasteiger partial charge is 0.291 e. The maximum absolute atomic E-state index is 12.5. The second kappa shape index (κ2) is 8.00. The summed E-state index contributed by atoms with van der Waals surface area (Å²) >= 11 is 0. The highest BCUT2D eigenvalue weighted by Crippen LogP contribution is 2.20. The molecule has 2 amide bonds. The highest BCUT2D eigenvalue weighted by molar-refractivity contribution is 6.02. The molecule has 0 unspecified atom stereocenters. The zero-order chi connectivity index (χ0) is 19.3. The SMILES string of the molecule is O=C(Nc1ccc(N2CCN(C(=O)c3ccccc3)CC2)cc1)c1ccco1. The normalized spacial score (nSPS) is 14.0. The summed E-state index contributed by atoms with van der Waals surface area (Å²) in [5.74, 6) is 0.0882. The van der Waals surface area contributed by atoms with E-state index >= 15 is 0 Å². The minimum atomic E-state index is -0.272. The largest absolute Gasteiger partial charge is 0.459 e. The molecule has 6 nitrogen and oxygen atoms in total. The van der Waals surface area contributed by atoms with Crippen LogP contribution in [0.5, 0.6) is 0 Å². The zero-order valence-corrected chi connectivity index (χ0v) is 15.4. The van der Waals surface area contributed by atoms with E-state index in [0.29, 0.717) is 18.8 Å². The van der Waals surface area contributed by atoms with Crippen molar-refractivity contribution in [1.29, 1.82) is 0 Å². The molecule has 1 fully saturated rings. The molecule has 0 aliphatic carbocycles. The average molecular weight is 375 g/mol. The molecule has 2 aromatic carbocycles. The fraction of sp³-hybridized carbons (Fsp3) is 0.182. The van der Waals surface area contributed by atoms with Crippen molar-refractivity contribution in [3.8, 4) is 0 Å². The van der Waals surface area contributed by atoms with Gasteiger partial charge in [0.05, 0.1) is 6.26 Å². The average Bonchev–Trinajstić information content (AvgIpc) is 3.30. The molecular weight excluding hydrogens is 354 g/mol. The molecular formula is C22H21N3O3. The van der Waals surface area contributed by atoms with Gasteiger partial charge in [-0.2, -0.15) is 0 Å². The third-order valence-electron chi connectivity index (χ3n) is 4.82. The van der Waals surface area contributed by atoms with Gasteiger partial charge in [0, 0.05) is 43.1 Å². The summed E-state index contributed by atoms with van der Waals surface area (Å²) in [5.41, 5.74) is 2.51. The van der Waals surface area contributed by atoms with Crippen LogP contribution >= 0.6 is 0 Å². The molecule has 0 atom stereocenters. The number of piperazine rings is 1. The monoisotopic (exact) mass is 375 g/mol. The van der Waals surface area contributed by atoms with Gasteiger partial charge in [0.1, 0.15) is 0 Å². The van der Waals surface area contributed by atoms with E-state index < -0.39 is 0 Å². The van der Waals surface area contributed by atoms with Crippen molar-refractivity contribution in [2.45, 2.75) is 0 Å². The molecule has 0 saturated carbocycles. The Labute approximate surface area is 163 Å². The van der Waals surface area contributed by atoms with Crippen LogP contribution < -0.4 is 10.2 Å². The molecule has 1 saturated heterocycles. The number of nitrogens with one attached hydrogen (secondary N) is 1. The number of benzene rings is 2. The van der Waals surface area contributed by atoms with Crippen LogP contribution in [0.3, 0.4) is 0 Å². The zero-order valence-electron chi connectivity index (χ0n) is 15.4. The third kappa shape index (κ3) is 3.91. The first-order chi connectivity index (χ1) is 13.7. The van der Waals surface area contributed by atoms with Gasteiger partial charge in [-0.05, 0) is 48.5 Å². The second-order valence-corrected chi connectivity index (χ2v) is 6.62. The fourth-order valence-corrected chi connectivity index (χ4v) is 3.29.